The molecule has 0 aliphatic heterocycles. The van der Waals surface area contributed by atoms with Gasteiger partial charge in [0.1, 0.15) is 18.5 Å². The van der Waals surface area contributed by atoms with E-state index in [0.717, 1.165) is 11.6 Å². The van der Waals surface area contributed by atoms with Crippen LogP contribution in [0.25, 0.3) is 0 Å². The molecule has 1 aromatic carbocycles. The number of aliphatic hydroxyl groups is 2. The lowest BCUT2D eigenvalue weighted by molar-refractivity contribution is -0.0295. The summed E-state index contributed by atoms with van der Waals surface area (Å²) in [5.41, 5.74) is 2.68. The Kier molecular flexibility index (Phi) is 7.03. The zero-order valence-corrected chi connectivity index (χ0v) is 15.3. The molecule has 1 heterocycles. The number of rotatable bonds is 7. The lowest BCUT2D eigenvalue weighted by atomic mass is 10.1. The highest BCUT2D eigenvalue weighted by molar-refractivity contribution is 6.31. The van der Waals surface area contributed by atoms with E-state index in [1.165, 1.54) is 6.20 Å². The number of aliphatic hydroxyl groups excluding tert-OH is 2. The molecule has 0 spiro atoms. The molecule has 0 bridgehead atoms. The summed E-state index contributed by atoms with van der Waals surface area (Å²) in [6, 6.07) is 2.71. The van der Waals surface area contributed by atoms with E-state index in [0.29, 0.717) is 5.56 Å². The second kappa shape index (κ2) is 9.05. The number of pyridine rings is 1. The first-order chi connectivity index (χ1) is 12.7. The van der Waals surface area contributed by atoms with Crippen molar-refractivity contribution >= 4 is 29.0 Å². The van der Waals surface area contributed by atoms with E-state index in [-0.39, 0.29) is 11.4 Å². The van der Waals surface area contributed by atoms with Crippen molar-refractivity contribution in [2.45, 2.75) is 20.0 Å². The highest BCUT2D eigenvalue weighted by atomic mass is 35.5. The summed E-state index contributed by atoms with van der Waals surface area (Å²) < 4.78 is 28.4. The number of aryl methyl sites for hydroxylation is 2. The predicted molar refractivity (Wildman–Crippen MR) is 94.9 cm³/mol. The highest BCUT2D eigenvalue weighted by Gasteiger charge is 2.23. The van der Waals surface area contributed by atoms with Gasteiger partial charge in [0.2, 0.25) is 0 Å². The Morgan fingerprint density at radius 2 is 2.04 bits per heavy atom. The lowest BCUT2D eigenvalue weighted by Gasteiger charge is -2.16. The second-order valence-electron chi connectivity index (χ2n) is 5.79. The largest absolute Gasteiger partial charge is 0.394 e. The van der Waals surface area contributed by atoms with Gasteiger partial charge in [-0.15, -0.1) is 0 Å². The van der Waals surface area contributed by atoms with Gasteiger partial charge >= 0.3 is 0 Å². The molecular weight excluding hydrogens is 384 g/mol. The van der Waals surface area contributed by atoms with E-state index in [1.54, 1.807) is 13.0 Å². The van der Waals surface area contributed by atoms with Crippen molar-refractivity contribution in [3.8, 4) is 0 Å². The Bertz CT molecular complexity index is 851. The smallest absolute Gasteiger partial charge is 0.277 e. The minimum atomic E-state index is -1.36. The zero-order chi connectivity index (χ0) is 20.1. The molecule has 0 saturated carbocycles. The number of benzene rings is 1. The van der Waals surface area contributed by atoms with Gasteiger partial charge in [0.25, 0.3) is 5.91 Å². The molecule has 1 aromatic heterocycles. The first-order valence-corrected chi connectivity index (χ1v) is 8.21. The number of nitrogens with one attached hydrogen (secondary N) is 2. The Morgan fingerprint density at radius 3 is 2.67 bits per heavy atom. The van der Waals surface area contributed by atoms with Crippen molar-refractivity contribution in [2.75, 3.05) is 18.5 Å². The third-order valence-corrected chi connectivity index (χ3v) is 3.79. The lowest BCUT2D eigenvalue weighted by Crippen LogP contribution is -2.30. The average Bonchev–Trinajstić information content (AvgIpc) is 2.63. The van der Waals surface area contributed by atoms with E-state index < -0.39 is 47.6 Å². The van der Waals surface area contributed by atoms with Gasteiger partial charge in [-0.05, 0) is 31.0 Å². The Labute approximate surface area is 158 Å². The van der Waals surface area contributed by atoms with Crippen LogP contribution < -0.4 is 10.8 Å². The number of nitrogens with zero attached hydrogens (tertiary/aromatic N) is 1. The number of carbonyl (C=O) groups excluding carboxylic acids is 1. The molecule has 7 nitrogen and oxygen atoms in total. The summed E-state index contributed by atoms with van der Waals surface area (Å²) in [6.45, 7) is 2.56. The fourth-order valence-corrected chi connectivity index (χ4v) is 2.36. The van der Waals surface area contributed by atoms with Crippen LogP contribution in [-0.2, 0) is 4.84 Å². The number of hydroxylamine groups is 1. The van der Waals surface area contributed by atoms with E-state index in [4.69, 9.17) is 21.5 Å². The normalized spacial score (nSPS) is 12.0. The van der Waals surface area contributed by atoms with Crippen molar-refractivity contribution in [2.24, 2.45) is 0 Å². The predicted octanol–water partition coefficient (Wildman–Crippen LogP) is 2.39. The fourth-order valence-electron chi connectivity index (χ4n) is 2.17. The summed E-state index contributed by atoms with van der Waals surface area (Å²) in [5.74, 6) is -3.39. The molecule has 0 aliphatic carbocycles. The quantitative estimate of drug-likeness (QED) is 0.419. The molecule has 27 heavy (non-hydrogen) atoms. The van der Waals surface area contributed by atoms with Crippen LogP contribution in [0.15, 0.2) is 18.3 Å². The fraction of sp³-hybridized carbons (Fsp3) is 0.294. The number of hydrogen-bond donors (Lipinski definition) is 4. The molecule has 0 radical (unpaired) electrons. The van der Waals surface area contributed by atoms with Crippen LogP contribution in [-0.4, -0.2) is 40.4 Å². The number of halogens is 3. The van der Waals surface area contributed by atoms with E-state index >= 15 is 0 Å². The Morgan fingerprint density at radius 1 is 1.33 bits per heavy atom. The number of amides is 1. The maximum Gasteiger partial charge on any atom is 0.277 e. The molecule has 2 rings (SSSR count). The SMILES string of the molecule is Cc1cnc(Nc2c(C(=O)NOCC(O)CO)cc(Cl)c(F)c2F)c(C)c1. The second-order valence-corrected chi connectivity index (χ2v) is 6.20. The molecule has 0 saturated heterocycles. The zero-order valence-electron chi connectivity index (χ0n) is 14.5. The van der Waals surface area contributed by atoms with Crippen molar-refractivity contribution in [3.05, 3.63) is 51.7 Å². The van der Waals surface area contributed by atoms with Crippen molar-refractivity contribution in [1.29, 1.82) is 0 Å². The van der Waals surface area contributed by atoms with Gasteiger partial charge in [0.15, 0.2) is 11.6 Å². The summed E-state index contributed by atoms with van der Waals surface area (Å²) in [7, 11) is 0. The van der Waals surface area contributed by atoms with Crippen molar-refractivity contribution in [1.82, 2.24) is 10.5 Å². The van der Waals surface area contributed by atoms with E-state index in [9.17, 15) is 18.7 Å². The Balaban J connectivity index is 2.34. The molecular formula is C17H18ClF2N3O4. The molecule has 4 N–H and O–H groups in total. The molecule has 2 aromatic rings. The van der Waals surface area contributed by atoms with Crippen molar-refractivity contribution in [3.63, 3.8) is 0 Å². The van der Waals surface area contributed by atoms with Crippen LogP contribution in [0.3, 0.4) is 0 Å². The maximum absolute atomic E-state index is 14.4. The highest BCUT2D eigenvalue weighted by Crippen LogP contribution is 2.31. The number of hydrogen-bond acceptors (Lipinski definition) is 6. The molecule has 146 valence electrons. The van der Waals surface area contributed by atoms with Gasteiger partial charge in [0.05, 0.1) is 22.9 Å². The molecule has 1 unspecified atom stereocenters. The van der Waals surface area contributed by atoms with Gasteiger partial charge in [-0.25, -0.2) is 19.2 Å². The van der Waals surface area contributed by atoms with Crippen LogP contribution in [0.2, 0.25) is 5.02 Å². The third kappa shape index (κ3) is 5.10. The monoisotopic (exact) mass is 401 g/mol. The first-order valence-electron chi connectivity index (χ1n) is 7.83. The molecule has 1 amide bonds. The van der Waals surface area contributed by atoms with Crippen LogP contribution in [0.1, 0.15) is 21.5 Å². The first kappa shape index (κ1) is 21.0. The summed E-state index contributed by atoms with van der Waals surface area (Å²) >= 11 is 5.64. The van der Waals surface area contributed by atoms with Crippen LogP contribution in [0, 0.1) is 25.5 Å². The standard InChI is InChI=1S/C17H18ClF2N3O4/c1-8-3-9(2)16(21-5-8)22-15-11(4-12(18)13(19)14(15)20)17(26)23-27-7-10(25)6-24/h3-5,10,24-25H,6-7H2,1-2H3,(H,21,22)(H,23,26). The molecule has 0 aliphatic rings. The van der Waals surface area contributed by atoms with Gasteiger partial charge in [-0.1, -0.05) is 17.7 Å². The van der Waals surface area contributed by atoms with Crippen LogP contribution in [0.4, 0.5) is 20.3 Å². The van der Waals surface area contributed by atoms with Crippen LogP contribution in [0.5, 0.6) is 0 Å². The van der Waals surface area contributed by atoms with E-state index in [1.807, 2.05) is 12.4 Å². The summed E-state index contributed by atoms with van der Waals surface area (Å²) in [4.78, 5) is 21.1. The summed E-state index contributed by atoms with van der Waals surface area (Å²) in [5, 5.41) is 19.9. The van der Waals surface area contributed by atoms with E-state index in [2.05, 4.69) is 10.3 Å². The Hall–Kier alpha value is -2.33. The van der Waals surface area contributed by atoms with Gasteiger partial charge in [0, 0.05) is 6.20 Å². The van der Waals surface area contributed by atoms with Gasteiger partial charge < -0.3 is 15.5 Å². The maximum atomic E-state index is 14.4. The topological polar surface area (TPSA) is 104 Å². The number of aromatic nitrogens is 1. The third-order valence-electron chi connectivity index (χ3n) is 3.52. The molecule has 10 heteroatoms. The molecule has 0 fully saturated rings. The average molecular weight is 402 g/mol. The number of carbonyl (C=O) groups is 1. The van der Waals surface area contributed by atoms with Gasteiger partial charge in [-0.3, -0.25) is 9.63 Å². The minimum absolute atomic E-state index is 0.229. The minimum Gasteiger partial charge on any atom is -0.394 e. The van der Waals surface area contributed by atoms with Crippen molar-refractivity contribution < 1.29 is 28.6 Å². The number of anilines is 2. The van der Waals surface area contributed by atoms with Gasteiger partial charge in [-0.2, -0.15) is 0 Å². The summed E-state index contributed by atoms with van der Waals surface area (Å²) in [6.07, 6.45) is 0.314. The van der Waals surface area contributed by atoms with Crippen LogP contribution >= 0.6 is 11.6 Å². The molecule has 1 atom stereocenters.